The van der Waals surface area contributed by atoms with Crippen LogP contribution >= 0.6 is 0 Å². The minimum absolute atomic E-state index is 0.389. The number of methoxy groups -OCH3 is 3. The summed E-state index contributed by atoms with van der Waals surface area (Å²) in [5.74, 6) is 1.59. The van der Waals surface area contributed by atoms with Crippen LogP contribution in [-0.2, 0) is 15.1 Å². The molecular weight excluding hydrogens is 208 g/mol. The van der Waals surface area contributed by atoms with E-state index in [1.807, 2.05) is 18.2 Å². The summed E-state index contributed by atoms with van der Waals surface area (Å²) in [5.41, 5.74) is 0.586. The van der Waals surface area contributed by atoms with E-state index >= 15 is 0 Å². The third-order valence-corrected chi connectivity index (χ3v) is 2.96. The smallest absolute Gasteiger partial charge is 0.143 e. The van der Waals surface area contributed by atoms with Crippen LogP contribution in [-0.4, -0.2) is 34.5 Å². The minimum Gasteiger partial charge on any atom is -0.497 e. The van der Waals surface area contributed by atoms with Gasteiger partial charge in [-0.25, -0.2) is 0 Å². The van der Waals surface area contributed by atoms with Crippen molar-refractivity contribution in [3.8, 4) is 11.5 Å². The molecule has 0 spiro atoms. The lowest BCUT2D eigenvalue weighted by Crippen LogP contribution is -2.48. The van der Waals surface area contributed by atoms with Crippen LogP contribution in [0, 0.1) is 0 Å². The Balaban J connectivity index is 2.43. The molecule has 0 N–H and O–H groups in total. The molecule has 0 atom stereocenters. The van der Waals surface area contributed by atoms with Gasteiger partial charge >= 0.3 is 0 Å². The molecule has 1 heterocycles. The lowest BCUT2D eigenvalue weighted by Gasteiger charge is -2.41. The van der Waals surface area contributed by atoms with Gasteiger partial charge in [0, 0.05) is 12.7 Å². The van der Waals surface area contributed by atoms with Crippen molar-refractivity contribution in [1.29, 1.82) is 0 Å². The zero-order valence-electron chi connectivity index (χ0n) is 9.78. The van der Waals surface area contributed by atoms with Crippen molar-refractivity contribution in [3.63, 3.8) is 0 Å². The number of hydrogen-bond donors (Lipinski definition) is 0. The maximum Gasteiger partial charge on any atom is 0.143 e. The van der Waals surface area contributed by atoms with E-state index in [0.717, 1.165) is 17.1 Å². The topological polar surface area (TPSA) is 36.9 Å². The van der Waals surface area contributed by atoms with Gasteiger partial charge in [0.2, 0.25) is 0 Å². The molecule has 1 aliphatic heterocycles. The average Bonchev–Trinajstić information content (AvgIpc) is 2.28. The second kappa shape index (κ2) is 4.31. The summed E-state index contributed by atoms with van der Waals surface area (Å²) in [6, 6.07) is 5.68. The van der Waals surface area contributed by atoms with Crippen LogP contribution in [0.1, 0.15) is 5.56 Å². The first-order valence-corrected chi connectivity index (χ1v) is 5.11. The maximum absolute atomic E-state index is 5.54. The lowest BCUT2D eigenvalue weighted by atomic mass is 9.90. The third-order valence-electron chi connectivity index (χ3n) is 2.96. The Morgan fingerprint density at radius 1 is 1.12 bits per heavy atom. The van der Waals surface area contributed by atoms with Crippen molar-refractivity contribution >= 4 is 0 Å². The summed E-state index contributed by atoms with van der Waals surface area (Å²) in [6.07, 6.45) is 0. The molecule has 0 saturated carbocycles. The van der Waals surface area contributed by atoms with E-state index in [1.54, 1.807) is 21.3 Å². The average molecular weight is 224 g/mol. The molecule has 0 unspecified atom stereocenters. The molecule has 0 aromatic heterocycles. The first-order chi connectivity index (χ1) is 7.75. The number of rotatable bonds is 4. The van der Waals surface area contributed by atoms with Crippen LogP contribution in [0.5, 0.6) is 11.5 Å². The second-order valence-electron chi connectivity index (χ2n) is 3.76. The van der Waals surface area contributed by atoms with Crippen molar-refractivity contribution in [2.75, 3.05) is 34.5 Å². The van der Waals surface area contributed by atoms with Crippen molar-refractivity contribution < 1.29 is 18.9 Å². The summed E-state index contributed by atoms with van der Waals surface area (Å²) in [6.45, 7) is 1.10. The van der Waals surface area contributed by atoms with Crippen LogP contribution < -0.4 is 9.47 Å². The summed E-state index contributed by atoms with van der Waals surface area (Å²) in [7, 11) is 4.97. The predicted molar refractivity (Wildman–Crippen MR) is 59.1 cm³/mol. The predicted octanol–water partition coefficient (Wildman–Crippen LogP) is 1.58. The van der Waals surface area contributed by atoms with Crippen molar-refractivity contribution in [2.45, 2.75) is 5.60 Å². The molecule has 1 fully saturated rings. The fourth-order valence-electron chi connectivity index (χ4n) is 1.84. The Kier molecular flexibility index (Phi) is 3.03. The quantitative estimate of drug-likeness (QED) is 0.778. The lowest BCUT2D eigenvalue weighted by molar-refractivity contribution is -0.203. The largest absolute Gasteiger partial charge is 0.497 e. The molecule has 0 aliphatic carbocycles. The van der Waals surface area contributed by atoms with E-state index in [-0.39, 0.29) is 5.60 Å². The summed E-state index contributed by atoms with van der Waals surface area (Å²) >= 11 is 0. The van der Waals surface area contributed by atoms with Crippen LogP contribution in [0.25, 0.3) is 0 Å². The second-order valence-corrected chi connectivity index (χ2v) is 3.76. The van der Waals surface area contributed by atoms with Crippen molar-refractivity contribution in [3.05, 3.63) is 23.8 Å². The van der Waals surface area contributed by atoms with Crippen LogP contribution in [0.3, 0.4) is 0 Å². The number of ether oxygens (including phenoxy) is 4. The first-order valence-electron chi connectivity index (χ1n) is 5.11. The molecule has 0 bridgehead atoms. The molecule has 88 valence electrons. The highest BCUT2D eigenvalue weighted by atomic mass is 16.6. The molecule has 16 heavy (non-hydrogen) atoms. The third kappa shape index (κ3) is 1.64. The molecule has 1 aromatic rings. The molecule has 2 rings (SSSR count). The molecule has 0 amide bonds. The highest BCUT2D eigenvalue weighted by Gasteiger charge is 2.43. The van der Waals surface area contributed by atoms with Gasteiger partial charge in [-0.2, -0.15) is 0 Å². The standard InChI is InChI=1S/C12H16O4/c1-13-9-4-5-11(14-2)10(6-9)12(15-3)7-16-8-12/h4-6H,7-8H2,1-3H3. The van der Waals surface area contributed by atoms with Gasteiger partial charge in [0.05, 0.1) is 27.4 Å². The maximum atomic E-state index is 5.54. The Labute approximate surface area is 95.1 Å². The fourth-order valence-corrected chi connectivity index (χ4v) is 1.84. The van der Waals surface area contributed by atoms with Gasteiger partial charge in [-0.05, 0) is 18.2 Å². The van der Waals surface area contributed by atoms with Gasteiger partial charge in [-0.15, -0.1) is 0 Å². The van der Waals surface area contributed by atoms with Gasteiger partial charge < -0.3 is 18.9 Å². The summed E-state index contributed by atoms with van der Waals surface area (Å²) < 4.78 is 21.3. The molecule has 1 aromatic carbocycles. The Bertz CT molecular complexity index is 366. The Morgan fingerprint density at radius 3 is 2.31 bits per heavy atom. The zero-order chi connectivity index (χ0) is 11.6. The van der Waals surface area contributed by atoms with Gasteiger partial charge in [0.15, 0.2) is 0 Å². The minimum atomic E-state index is -0.389. The Hall–Kier alpha value is -1.26. The van der Waals surface area contributed by atoms with Gasteiger partial charge in [0.25, 0.3) is 0 Å². The van der Waals surface area contributed by atoms with E-state index in [4.69, 9.17) is 18.9 Å². The molecular formula is C12H16O4. The normalized spacial score (nSPS) is 17.7. The summed E-state index contributed by atoms with van der Waals surface area (Å²) in [4.78, 5) is 0. The molecule has 0 radical (unpaired) electrons. The highest BCUT2D eigenvalue weighted by molar-refractivity contribution is 5.45. The molecule has 1 aliphatic rings. The van der Waals surface area contributed by atoms with Gasteiger partial charge in [-0.3, -0.25) is 0 Å². The van der Waals surface area contributed by atoms with E-state index in [0.29, 0.717) is 13.2 Å². The van der Waals surface area contributed by atoms with E-state index in [9.17, 15) is 0 Å². The monoisotopic (exact) mass is 224 g/mol. The van der Waals surface area contributed by atoms with E-state index in [2.05, 4.69) is 0 Å². The SMILES string of the molecule is COc1ccc(OC)c(C2(OC)COC2)c1. The molecule has 4 heteroatoms. The van der Waals surface area contributed by atoms with Crippen LogP contribution in [0.15, 0.2) is 18.2 Å². The fraction of sp³-hybridized carbons (Fsp3) is 0.500. The van der Waals surface area contributed by atoms with Crippen molar-refractivity contribution in [2.24, 2.45) is 0 Å². The van der Waals surface area contributed by atoms with Crippen LogP contribution in [0.2, 0.25) is 0 Å². The van der Waals surface area contributed by atoms with E-state index in [1.165, 1.54) is 0 Å². The number of benzene rings is 1. The first kappa shape index (κ1) is 11.2. The van der Waals surface area contributed by atoms with E-state index < -0.39 is 0 Å². The molecule has 1 saturated heterocycles. The van der Waals surface area contributed by atoms with Gasteiger partial charge in [-0.1, -0.05) is 0 Å². The number of hydrogen-bond acceptors (Lipinski definition) is 4. The van der Waals surface area contributed by atoms with Crippen LogP contribution in [0.4, 0.5) is 0 Å². The van der Waals surface area contributed by atoms with Crippen molar-refractivity contribution in [1.82, 2.24) is 0 Å². The van der Waals surface area contributed by atoms with Gasteiger partial charge in [0.1, 0.15) is 17.1 Å². The Morgan fingerprint density at radius 2 is 1.88 bits per heavy atom. The highest BCUT2D eigenvalue weighted by Crippen LogP contribution is 2.40. The molecule has 4 nitrogen and oxygen atoms in total. The zero-order valence-corrected chi connectivity index (χ0v) is 9.78. The summed E-state index contributed by atoms with van der Waals surface area (Å²) in [5, 5.41) is 0.